The molecule has 3 rings (SSSR count). The van der Waals surface area contributed by atoms with E-state index in [9.17, 15) is 13.2 Å². The van der Waals surface area contributed by atoms with Crippen LogP contribution in [0.25, 0.3) is 16.9 Å². The number of terminal acetylenes is 1. The fourth-order valence-electron chi connectivity index (χ4n) is 2.35. The van der Waals surface area contributed by atoms with Crippen molar-refractivity contribution in [2.75, 3.05) is 0 Å². The lowest BCUT2D eigenvalue weighted by atomic mass is 10.1. The molecule has 7 heteroatoms. The Hall–Kier alpha value is -2.42. The van der Waals surface area contributed by atoms with Crippen LogP contribution in [0.5, 0.6) is 0 Å². The van der Waals surface area contributed by atoms with Gasteiger partial charge in [0.25, 0.3) is 0 Å². The predicted molar refractivity (Wildman–Crippen MR) is 92.0 cm³/mol. The quantitative estimate of drug-likeness (QED) is 0.510. The molecule has 0 saturated heterocycles. The summed E-state index contributed by atoms with van der Waals surface area (Å²) < 4.78 is 39.9. The Morgan fingerprint density at radius 1 is 1.04 bits per heavy atom. The third-order valence-corrected chi connectivity index (χ3v) is 4.07. The number of rotatable bonds is 2. The van der Waals surface area contributed by atoms with Gasteiger partial charge in [0.05, 0.1) is 21.2 Å². The Morgan fingerprint density at radius 3 is 2.16 bits per heavy atom. The second-order valence-electron chi connectivity index (χ2n) is 5.13. The Labute approximate surface area is 151 Å². The van der Waals surface area contributed by atoms with Crippen molar-refractivity contribution in [1.29, 1.82) is 0 Å². The summed E-state index contributed by atoms with van der Waals surface area (Å²) in [4.78, 5) is 0. The molecule has 0 aliphatic rings. The Bertz CT molecular complexity index is 947. The molecule has 0 aliphatic heterocycles. The highest BCUT2D eigenvalue weighted by molar-refractivity contribution is 6.37. The van der Waals surface area contributed by atoms with Crippen LogP contribution in [0.3, 0.4) is 0 Å². The third-order valence-electron chi connectivity index (χ3n) is 3.49. The highest BCUT2D eigenvalue weighted by Gasteiger charge is 2.32. The molecule has 0 bridgehead atoms. The van der Waals surface area contributed by atoms with Crippen LogP contribution in [-0.4, -0.2) is 9.78 Å². The van der Waals surface area contributed by atoms with Gasteiger partial charge in [-0.05, 0) is 12.1 Å². The lowest BCUT2D eigenvalue weighted by Crippen LogP contribution is -2.07. The Kier molecular flexibility index (Phi) is 4.51. The topological polar surface area (TPSA) is 17.8 Å². The summed E-state index contributed by atoms with van der Waals surface area (Å²) in [5.41, 5.74) is 0.954. The molecule has 1 heterocycles. The van der Waals surface area contributed by atoms with Gasteiger partial charge >= 0.3 is 6.18 Å². The molecule has 0 unspecified atom stereocenters. The molecule has 0 amide bonds. The van der Waals surface area contributed by atoms with E-state index in [1.807, 2.05) is 30.3 Å². The summed E-state index contributed by atoms with van der Waals surface area (Å²) >= 11 is 12.1. The molecule has 0 atom stereocenters. The second kappa shape index (κ2) is 6.47. The number of halogens is 5. The van der Waals surface area contributed by atoms with Crippen molar-refractivity contribution in [3.05, 3.63) is 69.8 Å². The van der Waals surface area contributed by atoms with E-state index in [0.717, 1.165) is 17.7 Å². The van der Waals surface area contributed by atoms with E-state index in [1.165, 1.54) is 10.9 Å². The maximum atomic E-state index is 12.9. The first-order valence-corrected chi connectivity index (χ1v) is 7.75. The smallest absolute Gasteiger partial charge is 0.236 e. The van der Waals surface area contributed by atoms with Crippen LogP contribution < -0.4 is 0 Å². The molecule has 0 saturated carbocycles. The van der Waals surface area contributed by atoms with Crippen molar-refractivity contribution in [1.82, 2.24) is 9.78 Å². The summed E-state index contributed by atoms with van der Waals surface area (Å²) in [7, 11) is 0. The van der Waals surface area contributed by atoms with E-state index in [2.05, 4.69) is 11.0 Å². The monoisotopic (exact) mass is 380 g/mol. The number of hydrogen-bond donors (Lipinski definition) is 0. The lowest BCUT2D eigenvalue weighted by molar-refractivity contribution is -0.137. The van der Waals surface area contributed by atoms with Gasteiger partial charge in [-0.3, -0.25) is 0 Å². The van der Waals surface area contributed by atoms with E-state index >= 15 is 0 Å². The summed E-state index contributed by atoms with van der Waals surface area (Å²) in [6.45, 7) is 0. The van der Waals surface area contributed by atoms with Gasteiger partial charge in [0, 0.05) is 11.8 Å². The number of aromatic nitrogens is 2. The van der Waals surface area contributed by atoms with Crippen molar-refractivity contribution in [3.63, 3.8) is 0 Å². The first-order chi connectivity index (χ1) is 11.8. The maximum Gasteiger partial charge on any atom is 0.416 e. The van der Waals surface area contributed by atoms with Crippen LogP contribution in [0.1, 0.15) is 11.1 Å². The third kappa shape index (κ3) is 3.37. The largest absolute Gasteiger partial charge is 0.416 e. The average molecular weight is 381 g/mol. The van der Waals surface area contributed by atoms with Crippen LogP contribution in [0.15, 0.2) is 48.7 Å². The van der Waals surface area contributed by atoms with Crippen LogP contribution >= 0.6 is 23.2 Å². The van der Waals surface area contributed by atoms with E-state index in [1.54, 1.807) is 0 Å². The minimum absolute atomic E-state index is 0.134. The molecule has 1 aromatic heterocycles. The molecule has 3 aromatic rings. The van der Waals surface area contributed by atoms with Gasteiger partial charge in [-0.15, -0.1) is 6.42 Å². The first kappa shape index (κ1) is 17.4. The van der Waals surface area contributed by atoms with Gasteiger partial charge in [0.15, 0.2) is 0 Å². The van der Waals surface area contributed by atoms with Crippen LogP contribution in [0.4, 0.5) is 13.2 Å². The summed E-state index contributed by atoms with van der Waals surface area (Å²) in [6.07, 6.45) is 2.47. The summed E-state index contributed by atoms with van der Waals surface area (Å²) in [5, 5.41) is 4.01. The normalized spacial score (nSPS) is 11.4. The number of alkyl halides is 3. The van der Waals surface area contributed by atoms with Gasteiger partial charge in [-0.25, -0.2) is 4.68 Å². The van der Waals surface area contributed by atoms with Gasteiger partial charge in [0.1, 0.15) is 11.4 Å². The van der Waals surface area contributed by atoms with Gasteiger partial charge in [-0.1, -0.05) is 59.5 Å². The van der Waals surface area contributed by atoms with Crippen molar-refractivity contribution in [3.8, 4) is 29.3 Å². The van der Waals surface area contributed by atoms with E-state index in [0.29, 0.717) is 11.3 Å². The Balaban J connectivity index is 2.16. The Morgan fingerprint density at radius 2 is 1.64 bits per heavy atom. The molecule has 126 valence electrons. The zero-order chi connectivity index (χ0) is 18.2. The molecule has 0 spiro atoms. The summed E-state index contributed by atoms with van der Waals surface area (Å²) in [6, 6.07) is 10.8. The number of hydrogen-bond acceptors (Lipinski definition) is 1. The van der Waals surface area contributed by atoms with Crippen LogP contribution in [0.2, 0.25) is 10.0 Å². The van der Waals surface area contributed by atoms with Gasteiger partial charge in [0.2, 0.25) is 0 Å². The molecule has 0 N–H and O–H groups in total. The standard InChI is InChI=1S/C18H9Cl2F3N2/c1-2-11-10-25(24-16(11)12-6-4-3-5-7-12)17-14(19)8-13(9-15(17)20)18(21,22)23/h1,3-10H. The maximum absolute atomic E-state index is 12.9. The molecule has 2 aromatic carbocycles. The van der Waals surface area contributed by atoms with Crippen molar-refractivity contribution < 1.29 is 13.2 Å². The molecule has 25 heavy (non-hydrogen) atoms. The number of benzene rings is 2. The second-order valence-corrected chi connectivity index (χ2v) is 5.95. The van der Waals surface area contributed by atoms with E-state index < -0.39 is 11.7 Å². The van der Waals surface area contributed by atoms with Crippen molar-refractivity contribution in [2.24, 2.45) is 0 Å². The molecule has 0 fully saturated rings. The van der Waals surface area contributed by atoms with Crippen molar-refractivity contribution in [2.45, 2.75) is 6.18 Å². The molecular weight excluding hydrogens is 372 g/mol. The molecule has 0 aliphatic carbocycles. The predicted octanol–water partition coefficient (Wildman–Crippen LogP) is 5.85. The van der Waals surface area contributed by atoms with Crippen LogP contribution in [0, 0.1) is 12.3 Å². The minimum Gasteiger partial charge on any atom is -0.236 e. The lowest BCUT2D eigenvalue weighted by Gasteiger charge is -2.12. The first-order valence-electron chi connectivity index (χ1n) is 6.99. The summed E-state index contributed by atoms with van der Waals surface area (Å²) in [5.74, 6) is 2.51. The molecular formula is C18H9Cl2F3N2. The van der Waals surface area contributed by atoms with E-state index in [4.69, 9.17) is 29.6 Å². The highest BCUT2D eigenvalue weighted by Crippen LogP contribution is 2.38. The van der Waals surface area contributed by atoms with Gasteiger partial charge < -0.3 is 0 Å². The fourth-order valence-corrected chi connectivity index (χ4v) is 3.01. The van der Waals surface area contributed by atoms with Crippen molar-refractivity contribution >= 4 is 23.2 Å². The zero-order valence-corrected chi connectivity index (χ0v) is 14.0. The van der Waals surface area contributed by atoms with E-state index in [-0.39, 0.29) is 15.7 Å². The average Bonchev–Trinajstić information content (AvgIpc) is 2.98. The number of nitrogens with zero attached hydrogens (tertiary/aromatic N) is 2. The zero-order valence-electron chi connectivity index (χ0n) is 12.5. The SMILES string of the molecule is C#Cc1cn(-c2c(Cl)cc(C(F)(F)F)cc2Cl)nc1-c1ccccc1. The molecule has 2 nitrogen and oxygen atoms in total. The highest BCUT2D eigenvalue weighted by atomic mass is 35.5. The molecule has 0 radical (unpaired) electrons. The fraction of sp³-hybridized carbons (Fsp3) is 0.0556. The minimum atomic E-state index is -4.55. The van der Waals surface area contributed by atoms with Crippen LogP contribution in [-0.2, 0) is 6.18 Å². The van der Waals surface area contributed by atoms with Gasteiger partial charge in [-0.2, -0.15) is 18.3 Å².